The van der Waals surface area contributed by atoms with Gasteiger partial charge in [0, 0.05) is 28.8 Å². The number of aromatic nitrogens is 7. The van der Waals surface area contributed by atoms with E-state index in [1.165, 1.54) is 12.8 Å². The van der Waals surface area contributed by atoms with Crippen LogP contribution in [-0.4, -0.2) is 35.3 Å². The van der Waals surface area contributed by atoms with Gasteiger partial charge in [-0.25, -0.2) is 4.98 Å². The maximum Gasteiger partial charge on any atom is 0.271 e. The topological polar surface area (TPSA) is 128 Å². The molecule has 0 unspecified atom stereocenters. The highest BCUT2D eigenvalue weighted by Gasteiger charge is 2.25. The molecule has 0 radical (unpaired) electrons. The summed E-state index contributed by atoms with van der Waals surface area (Å²) in [5.41, 5.74) is 3.26. The highest BCUT2D eigenvalue weighted by Crippen LogP contribution is 2.39. The second kappa shape index (κ2) is 6.91. The Morgan fingerprint density at radius 1 is 0.871 bits per heavy atom. The smallest absolute Gasteiger partial charge is 0.271 e. The van der Waals surface area contributed by atoms with E-state index >= 15 is 0 Å². The van der Waals surface area contributed by atoms with Crippen LogP contribution in [0.1, 0.15) is 24.5 Å². The molecule has 31 heavy (non-hydrogen) atoms. The van der Waals surface area contributed by atoms with Crippen LogP contribution in [0.25, 0.3) is 33.7 Å². The van der Waals surface area contributed by atoms with Gasteiger partial charge < -0.3 is 5.32 Å². The highest BCUT2D eigenvalue weighted by molar-refractivity contribution is 5.83. The number of hydrogen-bond donors (Lipinski definition) is 4. The van der Waals surface area contributed by atoms with Gasteiger partial charge in [-0.2, -0.15) is 15.1 Å². The van der Waals surface area contributed by atoms with Gasteiger partial charge in [-0.3, -0.25) is 20.1 Å². The van der Waals surface area contributed by atoms with E-state index in [1.54, 1.807) is 6.07 Å². The second-order valence-electron chi connectivity index (χ2n) is 7.62. The molecule has 1 aliphatic carbocycles. The van der Waals surface area contributed by atoms with Crippen molar-refractivity contribution in [3.8, 4) is 22.8 Å². The summed E-state index contributed by atoms with van der Waals surface area (Å²) in [5.74, 6) is 2.63. The van der Waals surface area contributed by atoms with Crippen molar-refractivity contribution in [2.75, 3.05) is 5.32 Å². The summed E-state index contributed by atoms with van der Waals surface area (Å²) in [6, 6.07) is 17.2. The lowest BCUT2D eigenvalue weighted by Gasteiger charge is -2.08. The number of nitrogens with one attached hydrogen (secondary N) is 4. The van der Waals surface area contributed by atoms with Gasteiger partial charge in [0.1, 0.15) is 0 Å². The molecule has 0 bridgehead atoms. The third-order valence-corrected chi connectivity index (χ3v) is 5.36. The van der Waals surface area contributed by atoms with Gasteiger partial charge in [0.05, 0.1) is 10.9 Å². The number of H-pyrrole nitrogens is 3. The van der Waals surface area contributed by atoms with E-state index in [2.05, 4.69) is 40.7 Å². The van der Waals surface area contributed by atoms with Crippen molar-refractivity contribution >= 4 is 22.7 Å². The molecule has 0 spiro atoms. The van der Waals surface area contributed by atoms with E-state index in [0.29, 0.717) is 34.7 Å². The predicted octanol–water partition coefficient (Wildman–Crippen LogP) is 3.72. The quantitative estimate of drug-likeness (QED) is 0.350. The van der Waals surface area contributed by atoms with E-state index in [4.69, 9.17) is 0 Å². The van der Waals surface area contributed by atoms with Crippen molar-refractivity contribution < 1.29 is 0 Å². The fourth-order valence-corrected chi connectivity index (χ4v) is 3.57. The van der Waals surface area contributed by atoms with Crippen molar-refractivity contribution in [1.82, 2.24) is 35.3 Å². The lowest BCUT2D eigenvalue weighted by atomic mass is 10.1. The van der Waals surface area contributed by atoms with Gasteiger partial charge in [0.15, 0.2) is 17.5 Å². The number of rotatable bonds is 5. The summed E-state index contributed by atoms with van der Waals surface area (Å²) >= 11 is 0. The SMILES string of the molecule is O=c1[nH][nH]c2ccc(-c3nc(Nc4cc(C5CC5)[nH]n4)nc(-c4ccccc4)n3)cc12. The molecule has 0 amide bonds. The Bertz CT molecular complexity index is 1450. The first kappa shape index (κ1) is 17.6. The Balaban J connectivity index is 1.45. The third-order valence-electron chi connectivity index (χ3n) is 5.36. The number of nitrogens with zero attached hydrogens (tertiary/aromatic N) is 4. The van der Waals surface area contributed by atoms with E-state index in [0.717, 1.165) is 22.3 Å². The molecule has 1 aliphatic rings. The van der Waals surface area contributed by atoms with Gasteiger partial charge in [0.25, 0.3) is 5.56 Å². The summed E-state index contributed by atoms with van der Waals surface area (Å²) < 4.78 is 0. The Kier molecular flexibility index (Phi) is 3.92. The molecule has 0 aliphatic heterocycles. The summed E-state index contributed by atoms with van der Waals surface area (Å²) in [4.78, 5) is 25.9. The Labute approximate surface area is 176 Å². The van der Waals surface area contributed by atoms with Crippen molar-refractivity contribution in [3.05, 3.63) is 70.6 Å². The first-order valence-electron chi connectivity index (χ1n) is 10.1. The number of anilines is 2. The summed E-state index contributed by atoms with van der Waals surface area (Å²) in [7, 11) is 0. The molecule has 0 atom stereocenters. The van der Waals surface area contributed by atoms with E-state index < -0.39 is 0 Å². The molecule has 9 nitrogen and oxygen atoms in total. The predicted molar refractivity (Wildman–Crippen MR) is 117 cm³/mol. The Morgan fingerprint density at radius 2 is 1.68 bits per heavy atom. The molecule has 1 fully saturated rings. The largest absolute Gasteiger partial charge is 0.307 e. The highest BCUT2D eigenvalue weighted by atomic mass is 16.1. The zero-order valence-electron chi connectivity index (χ0n) is 16.4. The monoisotopic (exact) mass is 410 g/mol. The molecular formula is C22H18N8O. The first-order chi connectivity index (χ1) is 15.2. The summed E-state index contributed by atoms with van der Waals surface area (Å²) in [6.45, 7) is 0. The second-order valence-corrected chi connectivity index (χ2v) is 7.62. The van der Waals surface area contributed by atoms with E-state index in [9.17, 15) is 4.79 Å². The fraction of sp³-hybridized carbons (Fsp3) is 0.136. The van der Waals surface area contributed by atoms with Gasteiger partial charge in [-0.15, -0.1) is 0 Å². The van der Waals surface area contributed by atoms with Crippen LogP contribution in [0.5, 0.6) is 0 Å². The van der Waals surface area contributed by atoms with Crippen LogP contribution >= 0.6 is 0 Å². The molecular weight excluding hydrogens is 392 g/mol. The maximum absolute atomic E-state index is 12.1. The van der Waals surface area contributed by atoms with Gasteiger partial charge in [0.2, 0.25) is 5.95 Å². The van der Waals surface area contributed by atoms with Crippen LogP contribution in [0.3, 0.4) is 0 Å². The van der Waals surface area contributed by atoms with Gasteiger partial charge in [-0.05, 0) is 31.0 Å². The zero-order chi connectivity index (χ0) is 20.8. The van der Waals surface area contributed by atoms with Crippen molar-refractivity contribution in [2.24, 2.45) is 0 Å². The normalized spacial score (nSPS) is 13.5. The van der Waals surface area contributed by atoms with Crippen LogP contribution < -0.4 is 10.9 Å². The van der Waals surface area contributed by atoms with Gasteiger partial charge in [-0.1, -0.05) is 30.3 Å². The number of fused-ring (bicyclic) bond motifs is 1. The minimum atomic E-state index is -0.184. The molecule has 1 saturated carbocycles. The average molecular weight is 410 g/mol. The molecule has 9 heteroatoms. The van der Waals surface area contributed by atoms with Crippen LogP contribution in [0.4, 0.5) is 11.8 Å². The molecule has 152 valence electrons. The standard InChI is InChI=1S/C22H18N8O/c31-21-15-10-14(8-9-16(15)27-30-21)20-24-19(13-4-2-1-3-5-13)25-22(26-20)23-18-11-17(28-29-18)12-6-7-12/h1-5,8-12H,6-7H2,(H2,27,30,31)(H2,23,24,25,26,28,29). The van der Waals surface area contributed by atoms with Crippen molar-refractivity contribution in [1.29, 1.82) is 0 Å². The van der Waals surface area contributed by atoms with E-state index in [1.807, 2.05) is 48.5 Å². The lowest BCUT2D eigenvalue weighted by molar-refractivity contribution is 0.964. The molecule has 6 rings (SSSR count). The fourth-order valence-electron chi connectivity index (χ4n) is 3.57. The maximum atomic E-state index is 12.1. The average Bonchev–Trinajstić information content (AvgIpc) is 3.45. The first-order valence-corrected chi connectivity index (χ1v) is 10.1. The van der Waals surface area contributed by atoms with Gasteiger partial charge >= 0.3 is 0 Å². The van der Waals surface area contributed by atoms with Crippen LogP contribution in [0, 0.1) is 0 Å². The third kappa shape index (κ3) is 3.35. The molecule has 2 aromatic carbocycles. The minimum Gasteiger partial charge on any atom is -0.307 e. The molecule has 0 saturated heterocycles. The van der Waals surface area contributed by atoms with Crippen LogP contribution in [-0.2, 0) is 0 Å². The Morgan fingerprint density at radius 3 is 2.48 bits per heavy atom. The number of aromatic amines is 3. The summed E-state index contributed by atoms with van der Waals surface area (Å²) in [6.07, 6.45) is 2.38. The number of benzene rings is 2. The number of hydrogen-bond acceptors (Lipinski definition) is 6. The van der Waals surface area contributed by atoms with Crippen molar-refractivity contribution in [3.63, 3.8) is 0 Å². The van der Waals surface area contributed by atoms with E-state index in [-0.39, 0.29) is 5.56 Å². The Hall–Kier alpha value is -4.27. The molecule has 5 aromatic rings. The molecule has 4 N–H and O–H groups in total. The lowest BCUT2D eigenvalue weighted by Crippen LogP contribution is -2.04. The molecule has 3 heterocycles. The molecule has 3 aromatic heterocycles. The summed E-state index contributed by atoms with van der Waals surface area (Å²) in [5, 5.41) is 16.6. The van der Waals surface area contributed by atoms with Crippen LogP contribution in [0.2, 0.25) is 0 Å². The van der Waals surface area contributed by atoms with Crippen molar-refractivity contribution in [2.45, 2.75) is 18.8 Å². The minimum absolute atomic E-state index is 0.184. The van der Waals surface area contributed by atoms with Crippen LogP contribution in [0.15, 0.2) is 59.4 Å². The zero-order valence-corrected chi connectivity index (χ0v) is 16.4.